The van der Waals surface area contributed by atoms with E-state index in [4.69, 9.17) is 5.73 Å². The maximum absolute atomic E-state index is 12.0. The first kappa shape index (κ1) is 12.7. The van der Waals surface area contributed by atoms with Gasteiger partial charge in [-0.1, -0.05) is 13.8 Å². The van der Waals surface area contributed by atoms with Gasteiger partial charge in [-0.2, -0.15) is 0 Å². The molecule has 0 aromatic carbocycles. The second-order valence-electron chi connectivity index (χ2n) is 4.59. The fourth-order valence-corrected chi connectivity index (χ4v) is 1.33. The predicted molar refractivity (Wildman–Crippen MR) is 63.0 cm³/mol. The van der Waals surface area contributed by atoms with Gasteiger partial charge in [0.1, 0.15) is 0 Å². The summed E-state index contributed by atoms with van der Waals surface area (Å²) in [6, 6.07) is 0. The molecule has 90 valence electrons. The molecule has 1 aromatic rings. The smallest absolute Gasteiger partial charge is 0.287 e. The van der Waals surface area contributed by atoms with Crippen LogP contribution in [0.5, 0.6) is 0 Å². The minimum Gasteiger partial charge on any atom is -0.343 e. The number of nitrogens with zero attached hydrogens (tertiary/aromatic N) is 2. The zero-order chi connectivity index (χ0) is 12.3. The van der Waals surface area contributed by atoms with Crippen molar-refractivity contribution in [2.75, 3.05) is 6.54 Å². The van der Waals surface area contributed by atoms with Crippen molar-refractivity contribution in [1.29, 1.82) is 0 Å². The summed E-state index contributed by atoms with van der Waals surface area (Å²) >= 11 is 0. The lowest BCUT2D eigenvalue weighted by Gasteiger charge is -2.33. The van der Waals surface area contributed by atoms with E-state index in [0.29, 0.717) is 12.4 Å². The third-order valence-electron chi connectivity index (χ3n) is 3.12. The van der Waals surface area contributed by atoms with Gasteiger partial charge >= 0.3 is 0 Å². The SMILES string of the molecule is CC(C)C(C)(CN)NC(=O)c1nccn1C. The largest absolute Gasteiger partial charge is 0.343 e. The molecule has 0 bridgehead atoms. The van der Waals surface area contributed by atoms with Gasteiger partial charge in [-0.15, -0.1) is 0 Å². The Morgan fingerprint density at radius 2 is 2.31 bits per heavy atom. The molecule has 0 aliphatic rings. The Morgan fingerprint density at radius 3 is 2.69 bits per heavy atom. The van der Waals surface area contributed by atoms with Gasteiger partial charge in [0.25, 0.3) is 5.91 Å². The van der Waals surface area contributed by atoms with Crippen molar-refractivity contribution in [2.24, 2.45) is 18.7 Å². The molecule has 1 unspecified atom stereocenters. The maximum atomic E-state index is 12.0. The second-order valence-corrected chi connectivity index (χ2v) is 4.59. The van der Waals surface area contributed by atoms with Crippen molar-refractivity contribution in [1.82, 2.24) is 14.9 Å². The van der Waals surface area contributed by atoms with Gasteiger partial charge in [0.15, 0.2) is 5.82 Å². The van der Waals surface area contributed by atoms with E-state index in [0.717, 1.165) is 0 Å². The molecule has 0 spiro atoms. The fourth-order valence-electron chi connectivity index (χ4n) is 1.33. The van der Waals surface area contributed by atoms with Gasteiger partial charge < -0.3 is 15.6 Å². The van der Waals surface area contributed by atoms with E-state index in [9.17, 15) is 4.79 Å². The summed E-state index contributed by atoms with van der Waals surface area (Å²) in [5, 5.41) is 2.94. The number of rotatable bonds is 4. The van der Waals surface area contributed by atoms with E-state index in [1.54, 1.807) is 24.0 Å². The first-order chi connectivity index (χ1) is 7.40. The summed E-state index contributed by atoms with van der Waals surface area (Å²) in [6.07, 6.45) is 3.34. The van der Waals surface area contributed by atoms with Gasteiger partial charge in [-0.25, -0.2) is 4.98 Å². The highest BCUT2D eigenvalue weighted by atomic mass is 16.2. The fraction of sp³-hybridized carbons (Fsp3) is 0.636. The minimum absolute atomic E-state index is 0.186. The average Bonchev–Trinajstić information content (AvgIpc) is 2.64. The number of carbonyl (C=O) groups excluding carboxylic acids is 1. The highest BCUT2D eigenvalue weighted by Crippen LogP contribution is 2.15. The van der Waals surface area contributed by atoms with Crippen LogP contribution in [0.25, 0.3) is 0 Å². The van der Waals surface area contributed by atoms with E-state index >= 15 is 0 Å². The van der Waals surface area contributed by atoms with Crippen molar-refractivity contribution in [2.45, 2.75) is 26.3 Å². The Morgan fingerprint density at radius 1 is 1.69 bits per heavy atom. The second kappa shape index (κ2) is 4.65. The van der Waals surface area contributed by atoms with Crippen LogP contribution in [0, 0.1) is 5.92 Å². The Hall–Kier alpha value is -1.36. The molecule has 1 amide bonds. The molecule has 5 heteroatoms. The Bertz CT molecular complexity index is 372. The standard InChI is InChI=1S/C11H20N4O/c1-8(2)11(3,7-12)14-10(16)9-13-5-6-15(9)4/h5-6,8H,7,12H2,1-4H3,(H,14,16). The van der Waals surface area contributed by atoms with Crippen LogP contribution < -0.4 is 11.1 Å². The molecule has 5 nitrogen and oxygen atoms in total. The molecule has 1 heterocycles. The van der Waals surface area contributed by atoms with E-state index in [1.165, 1.54) is 0 Å². The van der Waals surface area contributed by atoms with Crippen molar-refractivity contribution in [3.8, 4) is 0 Å². The Labute approximate surface area is 96.0 Å². The van der Waals surface area contributed by atoms with Crippen molar-refractivity contribution in [3.05, 3.63) is 18.2 Å². The van der Waals surface area contributed by atoms with Crippen LogP contribution in [0.15, 0.2) is 12.4 Å². The third-order valence-corrected chi connectivity index (χ3v) is 3.12. The average molecular weight is 224 g/mol. The lowest BCUT2D eigenvalue weighted by atomic mass is 9.88. The zero-order valence-electron chi connectivity index (χ0n) is 10.3. The summed E-state index contributed by atoms with van der Waals surface area (Å²) < 4.78 is 1.69. The molecule has 1 atom stereocenters. The van der Waals surface area contributed by atoms with Gasteiger partial charge in [-0.3, -0.25) is 4.79 Å². The van der Waals surface area contributed by atoms with Crippen LogP contribution in [0.2, 0.25) is 0 Å². The summed E-state index contributed by atoms with van der Waals surface area (Å²) in [5.74, 6) is 0.483. The quantitative estimate of drug-likeness (QED) is 0.783. The van der Waals surface area contributed by atoms with Crippen LogP contribution in [-0.2, 0) is 7.05 Å². The molecule has 0 radical (unpaired) electrons. The lowest BCUT2D eigenvalue weighted by Crippen LogP contribution is -2.55. The normalized spacial score (nSPS) is 14.9. The number of hydrogen-bond donors (Lipinski definition) is 2. The molecule has 0 saturated carbocycles. The highest BCUT2D eigenvalue weighted by Gasteiger charge is 2.29. The lowest BCUT2D eigenvalue weighted by molar-refractivity contribution is 0.0869. The van der Waals surface area contributed by atoms with Gasteiger partial charge in [-0.05, 0) is 12.8 Å². The monoisotopic (exact) mass is 224 g/mol. The first-order valence-electron chi connectivity index (χ1n) is 5.40. The number of nitrogens with two attached hydrogens (primary N) is 1. The molecule has 0 fully saturated rings. The number of carbonyl (C=O) groups is 1. The number of aromatic nitrogens is 2. The van der Waals surface area contributed by atoms with Crippen LogP contribution in [0.1, 0.15) is 31.4 Å². The molecule has 0 aliphatic heterocycles. The summed E-state index contributed by atoms with van der Waals surface area (Å²) in [6.45, 7) is 6.41. The minimum atomic E-state index is -0.400. The number of hydrogen-bond acceptors (Lipinski definition) is 3. The molecule has 3 N–H and O–H groups in total. The number of imidazole rings is 1. The zero-order valence-corrected chi connectivity index (χ0v) is 10.3. The van der Waals surface area contributed by atoms with E-state index < -0.39 is 5.54 Å². The van der Waals surface area contributed by atoms with Gasteiger partial charge in [0.2, 0.25) is 0 Å². The van der Waals surface area contributed by atoms with E-state index in [1.807, 2.05) is 20.8 Å². The molecular formula is C11H20N4O. The summed E-state index contributed by atoms with van der Waals surface area (Å²) in [5.41, 5.74) is 5.31. The van der Waals surface area contributed by atoms with Crippen LogP contribution >= 0.6 is 0 Å². The van der Waals surface area contributed by atoms with Gasteiger partial charge in [0.05, 0.1) is 5.54 Å². The van der Waals surface area contributed by atoms with E-state index in [-0.39, 0.29) is 11.8 Å². The summed E-state index contributed by atoms with van der Waals surface area (Å²) in [7, 11) is 1.79. The van der Waals surface area contributed by atoms with Crippen molar-refractivity contribution in [3.63, 3.8) is 0 Å². The number of aryl methyl sites for hydroxylation is 1. The van der Waals surface area contributed by atoms with Gasteiger partial charge in [0, 0.05) is 26.0 Å². The molecule has 1 rings (SSSR count). The predicted octanol–water partition coefficient (Wildman–Crippen LogP) is 0.523. The third kappa shape index (κ3) is 2.41. The van der Waals surface area contributed by atoms with Crippen molar-refractivity contribution < 1.29 is 4.79 Å². The number of nitrogens with one attached hydrogen (secondary N) is 1. The number of amides is 1. The first-order valence-corrected chi connectivity index (χ1v) is 5.40. The molecule has 0 aliphatic carbocycles. The van der Waals surface area contributed by atoms with Crippen LogP contribution in [0.3, 0.4) is 0 Å². The van der Waals surface area contributed by atoms with E-state index in [2.05, 4.69) is 10.3 Å². The Kier molecular flexibility index (Phi) is 3.70. The highest BCUT2D eigenvalue weighted by molar-refractivity contribution is 5.91. The molecule has 16 heavy (non-hydrogen) atoms. The molecule has 0 saturated heterocycles. The van der Waals surface area contributed by atoms with Crippen molar-refractivity contribution >= 4 is 5.91 Å². The Balaban J connectivity index is 2.82. The maximum Gasteiger partial charge on any atom is 0.287 e. The summed E-state index contributed by atoms with van der Waals surface area (Å²) in [4.78, 5) is 16.0. The topological polar surface area (TPSA) is 72.9 Å². The molecular weight excluding hydrogens is 204 g/mol. The van der Waals surface area contributed by atoms with Crippen LogP contribution in [-0.4, -0.2) is 27.5 Å². The van der Waals surface area contributed by atoms with Crippen LogP contribution in [0.4, 0.5) is 0 Å². The molecule has 1 aromatic heterocycles.